The summed E-state index contributed by atoms with van der Waals surface area (Å²) in [5.74, 6) is 0. The van der Waals surface area contributed by atoms with E-state index in [0.717, 1.165) is 0 Å². The lowest BCUT2D eigenvalue weighted by Gasteiger charge is -2.09. The maximum Gasteiger partial charge on any atom is 0.466 e. The van der Waals surface area contributed by atoms with Gasteiger partial charge in [-0.3, -0.25) is 0 Å². The average molecular weight is 364 g/mol. The molecule has 2 aromatic rings. The molecule has 0 amide bonds. The second-order valence-corrected chi connectivity index (χ2v) is 7.08. The Kier molecular flexibility index (Phi) is 10.4. The summed E-state index contributed by atoms with van der Waals surface area (Å²) in [6.07, 6.45) is 9.39. The third-order valence-corrected chi connectivity index (χ3v) is 3.90. The van der Waals surface area contributed by atoms with Crippen molar-refractivity contribution in [2.45, 2.75) is 51.9 Å². The van der Waals surface area contributed by atoms with Gasteiger partial charge in [-0.05, 0) is 29.5 Å². The first kappa shape index (κ1) is 21.6. The van der Waals surface area contributed by atoms with Crippen LogP contribution in [0.15, 0.2) is 54.6 Å². The summed E-state index contributed by atoms with van der Waals surface area (Å²) < 4.78 is 8.88. The van der Waals surface area contributed by atoms with E-state index in [2.05, 4.69) is 61.5 Å². The SMILES string of the molecule is CCCCCCCCc1ccccc1-c1ccccc1.O=P(O)(O)O. The molecule has 0 aliphatic rings. The Morgan fingerprint density at radius 3 is 1.92 bits per heavy atom. The molecule has 0 radical (unpaired) electrons. The molecule has 0 aliphatic carbocycles. The lowest BCUT2D eigenvalue weighted by Crippen LogP contribution is -1.90. The first-order valence-corrected chi connectivity index (χ1v) is 10.4. The molecule has 138 valence electrons. The first-order valence-electron chi connectivity index (χ1n) is 8.83. The predicted octanol–water partition coefficient (Wildman–Crippen LogP) is 5.33. The standard InChI is InChI=1S/C20H26.H3O4P/c1-2-3-4-5-6-8-13-19-16-11-12-17-20(19)18-14-9-7-10-15-18;1-5(2,3)4/h7,9-12,14-17H,2-6,8,13H2,1H3;(H3,1,2,3,4). The van der Waals surface area contributed by atoms with Crippen LogP contribution in [0, 0.1) is 0 Å². The van der Waals surface area contributed by atoms with Crippen molar-refractivity contribution in [2.24, 2.45) is 0 Å². The van der Waals surface area contributed by atoms with Crippen LogP contribution in [-0.4, -0.2) is 14.7 Å². The normalized spacial score (nSPS) is 10.9. The van der Waals surface area contributed by atoms with E-state index in [1.807, 2.05) is 0 Å². The fraction of sp³-hybridized carbons (Fsp3) is 0.400. The highest BCUT2D eigenvalue weighted by Crippen LogP contribution is 2.26. The molecule has 3 N–H and O–H groups in total. The number of aryl methyl sites for hydroxylation is 1. The van der Waals surface area contributed by atoms with Gasteiger partial charge in [0.15, 0.2) is 0 Å². The number of hydrogen-bond donors (Lipinski definition) is 3. The molecule has 2 rings (SSSR count). The molecule has 0 aromatic heterocycles. The molecule has 5 heteroatoms. The zero-order valence-electron chi connectivity index (χ0n) is 14.8. The number of rotatable bonds is 8. The Labute approximate surface area is 150 Å². The zero-order chi connectivity index (χ0) is 18.5. The molecule has 0 spiro atoms. The fourth-order valence-electron chi connectivity index (χ4n) is 2.73. The maximum atomic E-state index is 8.88. The number of hydrogen-bond acceptors (Lipinski definition) is 1. The van der Waals surface area contributed by atoms with E-state index in [1.165, 1.54) is 61.6 Å². The van der Waals surface area contributed by atoms with Crippen LogP contribution in [-0.2, 0) is 11.0 Å². The molecule has 0 atom stereocenters. The van der Waals surface area contributed by atoms with Crippen molar-refractivity contribution in [2.75, 3.05) is 0 Å². The molecule has 0 bridgehead atoms. The van der Waals surface area contributed by atoms with Gasteiger partial charge in [0.25, 0.3) is 0 Å². The van der Waals surface area contributed by atoms with E-state index in [4.69, 9.17) is 19.2 Å². The van der Waals surface area contributed by atoms with Gasteiger partial charge in [-0.25, -0.2) is 4.57 Å². The molecule has 0 aliphatic heterocycles. The highest BCUT2D eigenvalue weighted by Gasteiger charge is 2.03. The summed E-state index contributed by atoms with van der Waals surface area (Å²) in [5.41, 5.74) is 4.24. The minimum atomic E-state index is -4.64. The summed E-state index contributed by atoms with van der Waals surface area (Å²) in [6, 6.07) is 19.6. The predicted molar refractivity (Wildman–Crippen MR) is 103 cm³/mol. The van der Waals surface area contributed by atoms with E-state index in [-0.39, 0.29) is 0 Å². The second kappa shape index (κ2) is 12.0. The smallest absolute Gasteiger partial charge is 0.303 e. The summed E-state index contributed by atoms with van der Waals surface area (Å²) in [5, 5.41) is 0. The van der Waals surface area contributed by atoms with Gasteiger partial charge in [-0.15, -0.1) is 0 Å². The molecule has 4 nitrogen and oxygen atoms in total. The maximum absolute atomic E-state index is 8.88. The summed E-state index contributed by atoms with van der Waals surface area (Å²) >= 11 is 0. The van der Waals surface area contributed by atoms with Gasteiger partial charge in [0.2, 0.25) is 0 Å². The largest absolute Gasteiger partial charge is 0.466 e. The Bertz CT molecular complexity index is 629. The monoisotopic (exact) mass is 364 g/mol. The topological polar surface area (TPSA) is 77.8 Å². The van der Waals surface area contributed by atoms with Crippen molar-refractivity contribution in [1.29, 1.82) is 0 Å². The summed E-state index contributed by atoms with van der Waals surface area (Å²) in [4.78, 5) is 21.6. The van der Waals surface area contributed by atoms with Crippen LogP contribution in [0.1, 0.15) is 51.0 Å². The van der Waals surface area contributed by atoms with E-state index >= 15 is 0 Å². The van der Waals surface area contributed by atoms with Crippen LogP contribution in [0.2, 0.25) is 0 Å². The van der Waals surface area contributed by atoms with Crippen LogP contribution in [0.3, 0.4) is 0 Å². The van der Waals surface area contributed by atoms with E-state index in [0.29, 0.717) is 0 Å². The molecule has 0 saturated heterocycles. The van der Waals surface area contributed by atoms with Crippen LogP contribution in [0.4, 0.5) is 0 Å². The van der Waals surface area contributed by atoms with Gasteiger partial charge < -0.3 is 14.7 Å². The van der Waals surface area contributed by atoms with Crippen LogP contribution in [0.5, 0.6) is 0 Å². The fourth-order valence-corrected chi connectivity index (χ4v) is 2.73. The third kappa shape index (κ3) is 10.9. The molecular formula is C20H29O4P. The molecule has 0 fully saturated rings. The van der Waals surface area contributed by atoms with Gasteiger partial charge in [0.05, 0.1) is 0 Å². The molecule has 0 unspecified atom stereocenters. The summed E-state index contributed by atoms with van der Waals surface area (Å²) in [6.45, 7) is 2.27. The first-order chi connectivity index (χ1) is 11.9. The zero-order valence-corrected chi connectivity index (χ0v) is 15.7. The Morgan fingerprint density at radius 1 is 0.760 bits per heavy atom. The second-order valence-electron chi connectivity index (χ2n) is 6.05. The number of phosphoric acid groups is 1. The lowest BCUT2D eigenvalue weighted by molar-refractivity contribution is 0.275. The highest BCUT2D eigenvalue weighted by atomic mass is 31.2. The minimum Gasteiger partial charge on any atom is -0.303 e. The Hall–Kier alpha value is -1.45. The number of unbranched alkanes of at least 4 members (excludes halogenated alkanes) is 5. The quantitative estimate of drug-likeness (QED) is 0.437. The van der Waals surface area contributed by atoms with Crippen molar-refractivity contribution < 1.29 is 19.2 Å². The lowest BCUT2D eigenvalue weighted by atomic mass is 9.96. The highest BCUT2D eigenvalue weighted by molar-refractivity contribution is 7.45. The van der Waals surface area contributed by atoms with Gasteiger partial charge >= 0.3 is 7.82 Å². The van der Waals surface area contributed by atoms with Gasteiger partial charge in [0.1, 0.15) is 0 Å². The molecule has 25 heavy (non-hydrogen) atoms. The van der Waals surface area contributed by atoms with Crippen molar-refractivity contribution in [3.05, 3.63) is 60.2 Å². The van der Waals surface area contributed by atoms with Crippen LogP contribution < -0.4 is 0 Å². The molecule has 2 aromatic carbocycles. The van der Waals surface area contributed by atoms with Crippen molar-refractivity contribution in [3.63, 3.8) is 0 Å². The third-order valence-electron chi connectivity index (χ3n) is 3.90. The van der Waals surface area contributed by atoms with Gasteiger partial charge in [-0.2, -0.15) is 0 Å². The Morgan fingerprint density at radius 2 is 1.28 bits per heavy atom. The van der Waals surface area contributed by atoms with E-state index in [1.54, 1.807) is 0 Å². The van der Waals surface area contributed by atoms with Crippen LogP contribution in [0.25, 0.3) is 11.1 Å². The minimum absolute atomic E-state index is 1.21. The summed E-state index contributed by atoms with van der Waals surface area (Å²) in [7, 11) is -4.64. The average Bonchev–Trinajstić information content (AvgIpc) is 2.58. The number of benzene rings is 2. The Balaban J connectivity index is 0.000000550. The van der Waals surface area contributed by atoms with Gasteiger partial charge in [-0.1, -0.05) is 93.6 Å². The molecule has 0 heterocycles. The van der Waals surface area contributed by atoms with Gasteiger partial charge in [0, 0.05) is 0 Å². The molecular weight excluding hydrogens is 335 g/mol. The van der Waals surface area contributed by atoms with Crippen LogP contribution >= 0.6 is 7.82 Å². The van der Waals surface area contributed by atoms with E-state index < -0.39 is 7.82 Å². The van der Waals surface area contributed by atoms with Crippen molar-refractivity contribution in [3.8, 4) is 11.1 Å². The van der Waals surface area contributed by atoms with E-state index in [9.17, 15) is 0 Å². The van der Waals surface area contributed by atoms with Crippen molar-refractivity contribution in [1.82, 2.24) is 0 Å². The molecule has 0 saturated carbocycles. The van der Waals surface area contributed by atoms with Crippen molar-refractivity contribution >= 4 is 7.82 Å².